The average molecular weight is 373 g/mol. The highest BCUT2D eigenvalue weighted by molar-refractivity contribution is 14.1. The summed E-state index contributed by atoms with van der Waals surface area (Å²) in [4.78, 5) is 25.2. The van der Waals surface area contributed by atoms with E-state index < -0.39 is 11.5 Å². The van der Waals surface area contributed by atoms with Crippen LogP contribution in [0.15, 0.2) is 24.3 Å². The van der Waals surface area contributed by atoms with E-state index in [0.29, 0.717) is 5.56 Å². The van der Waals surface area contributed by atoms with Crippen LogP contribution in [0.2, 0.25) is 0 Å². The number of benzene rings is 1. The fourth-order valence-corrected chi connectivity index (χ4v) is 2.77. The maximum Gasteiger partial charge on any atom is 0.334 e. The van der Waals surface area contributed by atoms with Crippen LogP contribution < -0.4 is 0 Å². The second-order valence-electron chi connectivity index (χ2n) is 5.00. The SMILES string of the molecule is CC(=O)N(C1CC1)C(C)(C(=O)O)c1ccc(I)cc1. The zero-order valence-electron chi connectivity index (χ0n) is 10.9. The molecule has 1 aromatic rings. The number of hydrogen-bond donors (Lipinski definition) is 1. The second kappa shape index (κ2) is 5.11. The van der Waals surface area contributed by atoms with Gasteiger partial charge >= 0.3 is 5.97 Å². The highest BCUT2D eigenvalue weighted by Gasteiger charge is 2.49. The third kappa shape index (κ3) is 2.61. The quantitative estimate of drug-likeness (QED) is 0.826. The maximum absolute atomic E-state index is 11.9. The van der Waals surface area contributed by atoms with Gasteiger partial charge in [-0.25, -0.2) is 4.79 Å². The summed E-state index contributed by atoms with van der Waals surface area (Å²) in [7, 11) is 0. The van der Waals surface area contributed by atoms with Gasteiger partial charge in [-0.1, -0.05) is 12.1 Å². The highest BCUT2D eigenvalue weighted by Crippen LogP contribution is 2.39. The minimum atomic E-state index is -1.29. The van der Waals surface area contributed by atoms with Crippen molar-refractivity contribution in [3.8, 4) is 0 Å². The number of carboxylic acids is 1. The lowest BCUT2D eigenvalue weighted by Crippen LogP contribution is -2.53. The summed E-state index contributed by atoms with van der Waals surface area (Å²) in [6.45, 7) is 3.05. The van der Waals surface area contributed by atoms with Crippen LogP contribution in [0.25, 0.3) is 0 Å². The number of halogens is 1. The number of aliphatic carboxylic acids is 1. The van der Waals surface area contributed by atoms with Crippen molar-refractivity contribution in [1.82, 2.24) is 4.90 Å². The molecular weight excluding hydrogens is 357 g/mol. The first-order valence-electron chi connectivity index (χ1n) is 6.16. The Morgan fingerprint density at radius 2 is 1.84 bits per heavy atom. The van der Waals surface area contributed by atoms with Crippen LogP contribution >= 0.6 is 22.6 Å². The molecule has 4 nitrogen and oxygen atoms in total. The normalized spacial score (nSPS) is 17.6. The van der Waals surface area contributed by atoms with E-state index in [0.717, 1.165) is 16.4 Å². The number of hydrogen-bond acceptors (Lipinski definition) is 2. The van der Waals surface area contributed by atoms with E-state index in [2.05, 4.69) is 22.6 Å². The summed E-state index contributed by atoms with van der Waals surface area (Å²) < 4.78 is 1.04. The van der Waals surface area contributed by atoms with Crippen molar-refractivity contribution in [2.24, 2.45) is 0 Å². The van der Waals surface area contributed by atoms with Gasteiger partial charge < -0.3 is 10.0 Å². The fourth-order valence-electron chi connectivity index (χ4n) is 2.41. The Hall–Kier alpha value is -1.11. The second-order valence-corrected chi connectivity index (χ2v) is 6.25. The summed E-state index contributed by atoms with van der Waals surface area (Å²) in [6.07, 6.45) is 1.76. The monoisotopic (exact) mass is 373 g/mol. The Morgan fingerprint density at radius 1 is 1.32 bits per heavy atom. The van der Waals surface area contributed by atoms with Gasteiger partial charge in [0.05, 0.1) is 0 Å². The first kappa shape index (κ1) is 14.3. The number of carbonyl (C=O) groups is 2. The lowest BCUT2D eigenvalue weighted by atomic mass is 9.89. The number of nitrogens with zero attached hydrogens (tertiary/aromatic N) is 1. The molecule has 0 aromatic heterocycles. The number of rotatable bonds is 4. The molecule has 1 atom stereocenters. The average Bonchev–Trinajstić information content (AvgIpc) is 3.13. The van der Waals surface area contributed by atoms with Crippen LogP contribution in [0.3, 0.4) is 0 Å². The third-order valence-corrected chi connectivity index (χ3v) is 4.28. The Balaban J connectivity index is 2.49. The zero-order chi connectivity index (χ0) is 14.2. The molecular formula is C14H16INO3. The molecule has 1 aliphatic rings. The van der Waals surface area contributed by atoms with Crippen molar-refractivity contribution in [3.05, 3.63) is 33.4 Å². The maximum atomic E-state index is 11.9. The van der Waals surface area contributed by atoms with Gasteiger partial charge in [0.15, 0.2) is 5.54 Å². The number of carbonyl (C=O) groups excluding carboxylic acids is 1. The Bertz CT molecular complexity index is 510. The molecule has 2 rings (SSSR count). The van der Waals surface area contributed by atoms with Crippen LogP contribution in [0.5, 0.6) is 0 Å². The summed E-state index contributed by atoms with van der Waals surface area (Å²) in [5.41, 5.74) is -0.653. The molecule has 0 radical (unpaired) electrons. The van der Waals surface area contributed by atoms with Crippen LogP contribution in [-0.2, 0) is 15.1 Å². The standard InChI is InChI=1S/C14H16INO3/c1-9(17)16(12-7-8-12)14(2,13(18)19)10-3-5-11(15)6-4-10/h3-6,12H,7-8H2,1-2H3,(H,18,19). The first-order chi connectivity index (χ1) is 8.87. The van der Waals surface area contributed by atoms with Gasteiger partial charge in [-0.05, 0) is 60.1 Å². The summed E-state index contributed by atoms with van der Waals surface area (Å²) >= 11 is 2.17. The minimum Gasteiger partial charge on any atom is -0.479 e. The van der Waals surface area contributed by atoms with Gasteiger partial charge in [-0.3, -0.25) is 4.79 Å². The van der Waals surface area contributed by atoms with Gasteiger partial charge in [0.2, 0.25) is 5.91 Å². The van der Waals surface area contributed by atoms with Crippen molar-refractivity contribution in [3.63, 3.8) is 0 Å². The van der Waals surface area contributed by atoms with Crippen molar-refractivity contribution in [2.45, 2.75) is 38.3 Å². The molecule has 0 bridgehead atoms. The van der Waals surface area contributed by atoms with E-state index in [1.54, 1.807) is 19.1 Å². The summed E-state index contributed by atoms with van der Waals surface area (Å²) in [5.74, 6) is -1.18. The minimum absolute atomic E-state index is 0.0536. The topological polar surface area (TPSA) is 57.6 Å². The molecule has 1 fully saturated rings. The van der Waals surface area contributed by atoms with E-state index in [4.69, 9.17) is 0 Å². The molecule has 102 valence electrons. The molecule has 1 unspecified atom stereocenters. The largest absolute Gasteiger partial charge is 0.479 e. The zero-order valence-corrected chi connectivity index (χ0v) is 13.0. The van der Waals surface area contributed by atoms with Crippen molar-refractivity contribution >= 4 is 34.5 Å². The Kier molecular flexibility index (Phi) is 3.85. The summed E-state index contributed by atoms with van der Waals surface area (Å²) in [6, 6.07) is 7.35. The highest BCUT2D eigenvalue weighted by atomic mass is 127. The molecule has 0 saturated heterocycles. The lowest BCUT2D eigenvalue weighted by Gasteiger charge is -2.38. The first-order valence-corrected chi connectivity index (χ1v) is 7.24. The summed E-state index contributed by atoms with van der Waals surface area (Å²) in [5, 5.41) is 9.66. The molecule has 1 aromatic carbocycles. The molecule has 1 N–H and O–H groups in total. The van der Waals surface area contributed by atoms with E-state index >= 15 is 0 Å². The van der Waals surface area contributed by atoms with Crippen molar-refractivity contribution in [1.29, 1.82) is 0 Å². The van der Waals surface area contributed by atoms with Gasteiger partial charge in [-0.15, -0.1) is 0 Å². The molecule has 0 aliphatic heterocycles. The van der Waals surface area contributed by atoms with Crippen molar-refractivity contribution < 1.29 is 14.7 Å². The van der Waals surface area contributed by atoms with E-state index in [-0.39, 0.29) is 11.9 Å². The van der Waals surface area contributed by atoms with Gasteiger partial charge in [-0.2, -0.15) is 0 Å². The number of amides is 1. The van der Waals surface area contributed by atoms with E-state index in [1.165, 1.54) is 11.8 Å². The van der Waals surface area contributed by atoms with Crippen LogP contribution in [0, 0.1) is 3.57 Å². The van der Waals surface area contributed by atoms with Crippen LogP contribution in [-0.4, -0.2) is 27.9 Å². The van der Waals surface area contributed by atoms with Gasteiger partial charge in [0, 0.05) is 16.5 Å². The molecule has 0 spiro atoms. The molecule has 1 saturated carbocycles. The lowest BCUT2D eigenvalue weighted by molar-refractivity contribution is -0.159. The molecule has 19 heavy (non-hydrogen) atoms. The fraction of sp³-hybridized carbons (Fsp3) is 0.429. The molecule has 5 heteroatoms. The van der Waals surface area contributed by atoms with Gasteiger partial charge in [0.1, 0.15) is 0 Å². The molecule has 0 heterocycles. The van der Waals surface area contributed by atoms with E-state index in [9.17, 15) is 14.7 Å². The van der Waals surface area contributed by atoms with Crippen LogP contribution in [0.4, 0.5) is 0 Å². The predicted molar refractivity (Wildman–Crippen MR) is 79.7 cm³/mol. The number of carboxylic acid groups (broad SMARTS) is 1. The van der Waals surface area contributed by atoms with Crippen LogP contribution in [0.1, 0.15) is 32.3 Å². The Labute approximate surface area is 125 Å². The smallest absolute Gasteiger partial charge is 0.334 e. The molecule has 1 amide bonds. The van der Waals surface area contributed by atoms with E-state index in [1.807, 2.05) is 12.1 Å². The van der Waals surface area contributed by atoms with Crippen molar-refractivity contribution in [2.75, 3.05) is 0 Å². The third-order valence-electron chi connectivity index (χ3n) is 3.56. The molecule has 1 aliphatic carbocycles. The Morgan fingerprint density at radius 3 is 2.21 bits per heavy atom. The predicted octanol–water partition coefficient (Wildman–Crippen LogP) is 2.60. The van der Waals surface area contributed by atoms with Gasteiger partial charge in [0.25, 0.3) is 0 Å².